The summed E-state index contributed by atoms with van der Waals surface area (Å²) in [5.41, 5.74) is 2.24. The van der Waals surface area contributed by atoms with Crippen LogP contribution in [-0.2, 0) is 30.4 Å². The smallest absolute Gasteiger partial charge is 0.308 e. The van der Waals surface area contributed by atoms with Crippen molar-refractivity contribution in [3.8, 4) is 0 Å². The largest absolute Gasteiger partial charge is 0.462 e. The van der Waals surface area contributed by atoms with Crippen LogP contribution < -0.4 is 0 Å². The molecule has 0 aromatic heterocycles. The topological polar surface area (TPSA) is 154 Å². The average Bonchev–Trinajstić information content (AvgIpc) is 3.16. The Kier molecular flexibility index (Phi) is 18.8. The first-order valence-electron chi connectivity index (χ1n) is 21.4. The zero-order chi connectivity index (χ0) is 42.7. The number of rotatable bonds is 11. The maximum Gasteiger partial charge on any atom is 0.308 e. The molecule has 3 aliphatic heterocycles. The highest BCUT2D eigenvalue weighted by Crippen LogP contribution is 2.35. The fourth-order valence-electron chi connectivity index (χ4n) is 9.07. The zero-order valence-electron chi connectivity index (χ0n) is 36.2. The molecule has 12 nitrogen and oxygen atoms in total. The summed E-state index contributed by atoms with van der Waals surface area (Å²) >= 11 is 0. The van der Waals surface area contributed by atoms with E-state index >= 15 is 0 Å². The molecule has 0 aliphatic carbocycles. The van der Waals surface area contributed by atoms with Gasteiger partial charge >= 0.3 is 5.97 Å². The van der Waals surface area contributed by atoms with E-state index in [-0.39, 0.29) is 37.3 Å². The molecule has 58 heavy (non-hydrogen) atoms. The molecule has 0 bridgehead atoms. The maximum atomic E-state index is 13.6. The van der Waals surface area contributed by atoms with Crippen LogP contribution in [0.25, 0.3) is 0 Å². The van der Waals surface area contributed by atoms with E-state index in [4.69, 9.17) is 19.0 Å². The van der Waals surface area contributed by atoms with Crippen molar-refractivity contribution in [2.45, 2.75) is 136 Å². The van der Waals surface area contributed by atoms with Crippen molar-refractivity contribution in [2.75, 3.05) is 40.3 Å². The van der Waals surface area contributed by atoms with E-state index < -0.39 is 66.8 Å². The summed E-state index contributed by atoms with van der Waals surface area (Å²) in [6.45, 7) is 16.6. The van der Waals surface area contributed by atoms with Crippen LogP contribution in [0.2, 0.25) is 0 Å². The van der Waals surface area contributed by atoms with E-state index in [1.165, 1.54) is 18.6 Å². The summed E-state index contributed by atoms with van der Waals surface area (Å²) < 4.78 is 32.6. The number of ether oxygens (including phenoxy) is 3. The van der Waals surface area contributed by atoms with Gasteiger partial charge in [-0.2, -0.15) is 0 Å². The molecule has 0 amide bonds. The molecule has 2 saturated heterocycles. The minimum atomic E-state index is -1.21. The van der Waals surface area contributed by atoms with Gasteiger partial charge in [-0.3, -0.25) is 4.79 Å². The molecule has 3 aliphatic rings. The minimum absolute atomic E-state index is 0.132. The van der Waals surface area contributed by atoms with Crippen molar-refractivity contribution in [1.82, 2.24) is 9.80 Å². The molecule has 13 heteroatoms. The first-order valence-corrected chi connectivity index (χ1v) is 21.4. The van der Waals surface area contributed by atoms with Gasteiger partial charge in [-0.1, -0.05) is 69.6 Å². The number of likely N-dealkylation sites (tertiary alicyclic amines) is 1. The van der Waals surface area contributed by atoms with Crippen molar-refractivity contribution < 1.29 is 48.7 Å². The van der Waals surface area contributed by atoms with Crippen molar-refractivity contribution in [3.63, 3.8) is 0 Å². The van der Waals surface area contributed by atoms with Gasteiger partial charge in [-0.25, -0.2) is 4.39 Å². The lowest BCUT2D eigenvalue weighted by atomic mass is 9.79. The summed E-state index contributed by atoms with van der Waals surface area (Å²) in [4.78, 5) is 23.6. The molecule has 4 rings (SSSR count). The number of likely N-dealkylation sites (N-methyl/N-ethyl adjacent to an activating group) is 1. The number of allylic oxidation sites excluding steroid dienone is 3. The number of aliphatic hydroxyl groups excluding tert-OH is 4. The number of esters is 1. The number of cyclic esters (lactones) is 1. The summed E-state index contributed by atoms with van der Waals surface area (Å²) in [5, 5.41) is 49.5. The van der Waals surface area contributed by atoms with Gasteiger partial charge in [0.2, 0.25) is 0 Å². The van der Waals surface area contributed by atoms with Crippen LogP contribution in [0, 0.1) is 41.3 Å². The second-order valence-corrected chi connectivity index (χ2v) is 17.7. The Morgan fingerprint density at radius 2 is 1.66 bits per heavy atom. The van der Waals surface area contributed by atoms with E-state index in [0.717, 1.165) is 30.8 Å². The third kappa shape index (κ3) is 13.6. The number of oxime groups is 1. The van der Waals surface area contributed by atoms with Gasteiger partial charge in [0, 0.05) is 30.8 Å². The lowest BCUT2D eigenvalue weighted by molar-refractivity contribution is -0.304. The average molecular weight is 818 g/mol. The van der Waals surface area contributed by atoms with E-state index in [9.17, 15) is 29.6 Å². The van der Waals surface area contributed by atoms with Crippen molar-refractivity contribution in [1.29, 1.82) is 0 Å². The first-order chi connectivity index (χ1) is 27.5. The quantitative estimate of drug-likeness (QED) is 0.170. The second-order valence-electron chi connectivity index (χ2n) is 17.7. The number of aliphatic hydroxyl groups is 4. The van der Waals surface area contributed by atoms with E-state index in [2.05, 4.69) is 30.8 Å². The number of halogens is 1. The Bertz CT molecular complexity index is 1500. The molecule has 0 spiro atoms. The van der Waals surface area contributed by atoms with Gasteiger partial charge < -0.3 is 49.3 Å². The molecule has 1 aromatic carbocycles. The van der Waals surface area contributed by atoms with Crippen molar-refractivity contribution in [3.05, 3.63) is 59.4 Å². The number of carbonyl (C=O) groups is 1. The Hall–Kier alpha value is -2.75. The summed E-state index contributed by atoms with van der Waals surface area (Å²) in [7, 11) is 3.58. The third-order valence-electron chi connectivity index (χ3n) is 12.3. The van der Waals surface area contributed by atoms with Gasteiger partial charge in [0.05, 0.1) is 49.2 Å². The van der Waals surface area contributed by atoms with E-state index in [1.807, 2.05) is 39.0 Å². The number of piperidine rings is 1. The molecule has 0 radical (unpaired) electrons. The number of nitrogens with zero attached hydrogens (tertiary/aromatic N) is 3. The zero-order valence-corrected chi connectivity index (χ0v) is 36.2. The van der Waals surface area contributed by atoms with Crippen LogP contribution in [0.15, 0.2) is 53.2 Å². The van der Waals surface area contributed by atoms with Gasteiger partial charge in [0.25, 0.3) is 0 Å². The van der Waals surface area contributed by atoms with Gasteiger partial charge in [0.1, 0.15) is 24.6 Å². The van der Waals surface area contributed by atoms with Crippen LogP contribution in [-0.4, -0.2) is 131 Å². The molecule has 1 aromatic rings. The first kappa shape index (κ1) is 47.9. The Balaban J connectivity index is 1.79. The monoisotopic (exact) mass is 818 g/mol. The Labute approximate surface area is 346 Å². The predicted octanol–water partition coefficient (Wildman–Crippen LogP) is 5.32. The highest BCUT2D eigenvalue weighted by molar-refractivity contribution is 5.96. The SMILES string of the molecule is CC[C@H]1OC(=O)C[C@@H](O)[C@H](C)[C@@H](O[C@@H]2O[C@H](C)[C@@H](O)[C@H](N(C)C)[C@@H]2O)[C@@H](CCN2CC(C)CC(C)C2)C[C@@H](C)C(=N\OCc2ccc(F)cc2)/C=C/C(C)=C/C1CO. The molecule has 3 unspecified atom stereocenters. The van der Waals surface area contributed by atoms with Crippen molar-refractivity contribution >= 4 is 11.7 Å². The molecule has 328 valence electrons. The molecule has 2 fully saturated rings. The summed E-state index contributed by atoms with van der Waals surface area (Å²) in [6, 6.07) is 5.40. The number of carbonyl (C=O) groups excluding carboxylic acids is 1. The second kappa shape index (κ2) is 22.7. The molecular formula is C45H72FN3O9. The molecular weight excluding hydrogens is 746 g/mol. The van der Waals surface area contributed by atoms with E-state index in [1.54, 1.807) is 38.1 Å². The van der Waals surface area contributed by atoms with Gasteiger partial charge in [-0.15, -0.1) is 0 Å². The molecule has 0 saturated carbocycles. The fraction of sp³-hybridized carbons (Fsp3) is 0.733. The van der Waals surface area contributed by atoms with Crippen LogP contribution in [0.5, 0.6) is 0 Å². The third-order valence-corrected chi connectivity index (χ3v) is 12.3. The van der Waals surface area contributed by atoms with Gasteiger partial charge in [0.15, 0.2) is 6.29 Å². The molecule has 14 atom stereocenters. The molecule has 4 N–H and O–H groups in total. The standard InChI is InChI=1S/C45H72FN3O9/c1-10-39-35(25-50)20-27(2)11-16-37(47-55-26-33-12-14-36(46)15-13-33)30(5)21-34(17-18-49-23-28(3)19-29(4)24-49)44(31(6)38(51)22-40(52)57-39)58-45-43(54)41(48(8)9)42(53)32(7)56-45/h11-16,20,28-32,34-35,38-39,41-45,50-51,53-54H,10,17-19,21-26H2,1-9H3/b16-11+,27-20+,47-37-/t28?,29?,30-,31+,32-,34+,35?,38-,39-,41+,42-,43+,44-,45+/m1/s1. The van der Waals surface area contributed by atoms with Crippen LogP contribution >= 0.6 is 0 Å². The Morgan fingerprint density at radius 1 is 0.983 bits per heavy atom. The number of hydrogen-bond acceptors (Lipinski definition) is 12. The summed E-state index contributed by atoms with van der Waals surface area (Å²) in [6.07, 6.45) is 1.73. The normalized spacial score (nSPS) is 38.6. The highest BCUT2D eigenvalue weighted by Gasteiger charge is 2.47. The van der Waals surface area contributed by atoms with E-state index in [0.29, 0.717) is 36.8 Å². The van der Waals surface area contributed by atoms with Crippen molar-refractivity contribution in [2.24, 2.45) is 40.7 Å². The lowest BCUT2D eigenvalue weighted by Crippen LogP contribution is -2.63. The maximum absolute atomic E-state index is 13.6. The number of hydrogen-bond donors (Lipinski definition) is 4. The minimum Gasteiger partial charge on any atom is -0.462 e. The lowest BCUT2D eigenvalue weighted by Gasteiger charge is -2.47. The van der Waals surface area contributed by atoms with Crippen LogP contribution in [0.4, 0.5) is 4.39 Å². The van der Waals surface area contributed by atoms with Crippen LogP contribution in [0.1, 0.15) is 86.1 Å². The molecule has 3 heterocycles. The fourth-order valence-corrected chi connectivity index (χ4v) is 9.07. The Morgan fingerprint density at radius 3 is 2.28 bits per heavy atom. The number of benzene rings is 1. The predicted molar refractivity (Wildman–Crippen MR) is 222 cm³/mol. The summed E-state index contributed by atoms with van der Waals surface area (Å²) in [5.74, 6) is -1.37. The van der Waals surface area contributed by atoms with Gasteiger partial charge in [-0.05, 0) is 102 Å². The highest BCUT2D eigenvalue weighted by atomic mass is 19.1. The van der Waals surface area contributed by atoms with Crippen LogP contribution in [0.3, 0.4) is 0 Å².